The van der Waals surface area contributed by atoms with Crippen molar-refractivity contribution in [2.24, 2.45) is 0 Å². The van der Waals surface area contributed by atoms with Gasteiger partial charge in [-0.3, -0.25) is 10.3 Å². The summed E-state index contributed by atoms with van der Waals surface area (Å²) < 4.78 is 0. The van der Waals surface area contributed by atoms with E-state index in [9.17, 15) is 0 Å². The van der Waals surface area contributed by atoms with Crippen molar-refractivity contribution in [2.45, 2.75) is 6.92 Å². The fraction of sp³-hybridized carbons (Fsp3) is 0.250. The van der Waals surface area contributed by atoms with Gasteiger partial charge in [-0.25, -0.2) is 0 Å². The van der Waals surface area contributed by atoms with Gasteiger partial charge < -0.3 is 5.73 Å². The molecule has 0 saturated heterocycles. The molecule has 0 aliphatic rings. The average Bonchev–Trinajstić information content (AvgIpc) is 1.97. The van der Waals surface area contributed by atoms with Crippen LogP contribution in [0, 0.1) is 6.92 Å². The Kier molecular flexibility index (Phi) is 2.33. The molecule has 0 saturated carbocycles. The zero-order valence-electron chi connectivity index (χ0n) is 6.72. The van der Waals surface area contributed by atoms with Gasteiger partial charge in [0.2, 0.25) is 0 Å². The topological polar surface area (TPSA) is 47.3 Å². The van der Waals surface area contributed by atoms with Gasteiger partial charge in [0.05, 0.1) is 18.5 Å². The van der Waals surface area contributed by atoms with Gasteiger partial charge in [0.15, 0.2) is 0 Å². The maximum Gasteiger partial charge on any atom is 0.0862 e. The Hall–Kier alpha value is -1.22. The van der Waals surface area contributed by atoms with Gasteiger partial charge in [-0.2, -0.15) is 0 Å². The van der Waals surface area contributed by atoms with E-state index in [2.05, 4.69) is 5.48 Å². The van der Waals surface area contributed by atoms with Gasteiger partial charge in [0.1, 0.15) is 0 Å². The van der Waals surface area contributed by atoms with E-state index in [1.54, 1.807) is 7.11 Å². The predicted octanol–water partition coefficient (Wildman–Crippen LogP) is 1.55. The Labute approximate surface area is 66.1 Å². The van der Waals surface area contributed by atoms with Gasteiger partial charge in [0.25, 0.3) is 0 Å². The Bertz CT molecular complexity index is 228. The largest absolute Gasteiger partial charge is 0.397 e. The SMILES string of the molecule is CONc1c(C)cccc1N. The molecule has 1 aromatic rings. The Morgan fingerprint density at radius 3 is 2.73 bits per heavy atom. The van der Waals surface area contributed by atoms with Gasteiger partial charge in [-0.15, -0.1) is 0 Å². The minimum Gasteiger partial charge on any atom is -0.397 e. The van der Waals surface area contributed by atoms with Crippen LogP contribution in [0.4, 0.5) is 11.4 Å². The molecule has 1 rings (SSSR count). The van der Waals surface area contributed by atoms with Crippen molar-refractivity contribution >= 4 is 11.4 Å². The number of benzene rings is 1. The third-order valence-electron chi connectivity index (χ3n) is 1.51. The first-order chi connectivity index (χ1) is 5.25. The Morgan fingerprint density at radius 1 is 1.45 bits per heavy atom. The first-order valence-electron chi connectivity index (χ1n) is 3.40. The zero-order chi connectivity index (χ0) is 8.27. The fourth-order valence-corrected chi connectivity index (χ4v) is 0.932. The molecule has 3 heteroatoms. The average molecular weight is 152 g/mol. The first-order valence-corrected chi connectivity index (χ1v) is 3.40. The molecule has 0 fully saturated rings. The number of anilines is 2. The lowest BCUT2D eigenvalue weighted by Crippen LogP contribution is -2.01. The van der Waals surface area contributed by atoms with Crippen LogP contribution in [0.1, 0.15) is 5.56 Å². The smallest absolute Gasteiger partial charge is 0.0862 e. The number of rotatable bonds is 2. The van der Waals surface area contributed by atoms with Gasteiger partial charge >= 0.3 is 0 Å². The summed E-state index contributed by atoms with van der Waals surface area (Å²) >= 11 is 0. The lowest BCUT2D eigenvalue weighted by Gasteiger charge is -2.08. The van der Waals surface area contributed by atoms with E-state index < -0.39 is 0 Å². The van der Waals surface area contributed by atoms with Crippen LogP contribution >= 0.6 is 0 Å². The molecule has 1 aromatic carbocycles. The van der Waals surface area contributed by atoms with Crippen molar-refractivity contribution in [3.05, 3.63) is 23.8 Å². The number of para-hydroxylation sites is 1. The summed E-state index contributed by atoms with van der Waals surface area (Å²) in [6.07, 6.45) is 0. The van der Waals surface area contributed by atoms with E-state index in [-0.39, 0.29) is 0 Å². The van der Waals surface area contributed by atoms with Gasteiger partial charge in [0, 0.05) is 0 Å². The van der Waals surface area contributed by atoms with E-state index >= 15 is 0 Å². The number of hydrogen-bond acceptors (Lipinski definition) is 3. The molecule has 0 radical (unpaired) electrons. The van der Waals surface area contributed by atoms with Crippen molar-refractivity contribution in [3.8, 4) is 0 Å². The molecule has 11 heavy (non-hydrogen) atoms. The number of hydrogen-bond donors (Lipinski definition) is 2. The monoisotopic (exact) mass is 152 g/mol. The second-order valence-electron chi connectivity index (χ2n) is 2.35. The molecule has 0 unspecified atom stereocenters. The van der Waals surface area contributed by atoms with Crippen LogP contribution in [0.3, 0.4) is 0 Å². The quantitative estimate of drug-likeness (QED) is 0.499. The molecule has 0 amide bonds. The summed E-state index contributed by atoms with van der Waals surface area (Å²) in [4.78, 5) is 4.76. The number of nitrogen functional groups attached to an aromatic ring is 1. The van der Waals surface area contributed by atoms with Crippen LogP contribution in [0.15, 0.2) is 18.2 Å². The molecular weight excluding hydrogens is 140 g/mol. The van der Waals surface area contributed by atoms with E-state index in [4.69, 9.17) is 10.6 Å². The van der Waals surface area contributed by atoms with Crippen LogP contribution in [0.5, 0.6) is 0 Å². The maximum atomic E-state index is 5.66. The summed E-state index contributed by atoms with van der Waals surface area (Å²) in [7, 11) is 1.56. The molecule has 0 aliphatic carbocycles. The lowest BCUT2D eigenvalue weighted by molar-refractivity contribution is 0.271. The summed E-state index contributed by atoms with van der Waals surface area (Å²) in [6.45, 7) is 1.97. The normalized spacial score (nSPS) is 9.64. The molecule has 60 valence electrons. The van der Waals surface area contributed by atoms with E-state index in [0.29, 0.717) is 5.69 Å². The summed E-state index contributed by atoms with van der Waals surface area (Å²) in [5, 5.41) is 0. The highest BCUT2D eigenvalue weighted by molar-refractivity contribution is 5.68. The van der Waals surface area contributed by atoms with Crippen molar-refractivity contribution < 1.29 is 4.84 Å². The molecule has 0 heterocycles. The second kappa shape index (κ2) is 3.25. The van der Waals surface area contributed by atoms with Gasteiger partial charge in [-0.05, 0) is 18.6 Å². The van der Waals surface area contributed by atoms with Crippen LogP contribution < -0.4 is 11.2 Å². The predicted molar refractivity (Wildman–Crippen MR) is 46.2 cm³/mol. The number of aryl methyl sites for hydroxylation is 1. The molecule has 0 aliphatic heterocycles. The minimum atomic E-state index is 0.701. The molecule has 0 bridgehead atoms. The molecule has 3 nitrogen and oxygen atoms in total. The maximum absolute atomic E-state index is 5.66. The second-order valence-corrected chi connectivity index (χ2v) is 2.35. The minimum absolute atomic E-state index is 0.701. The van der Waals surface area contributed by atoms with Crippen LogP contribution in [0.25, 0.3) is 0 Å². The van der Waals surface area contributed by atoms with Crippen molar-refractivity contribution in [1.29, 1.82) is 0 Å². The van der Waals surface area contributed by atoms with E-state index in [1.807, 2.05) is 25.1 Å². The van der Waals surface area contributed by atoms with Crippen LogP contribution in [0.2, 0.25) is 0 Å². The standard InChI is InChI=1S/C8H12N2O/c1-6-4-3-5-7(9)8(6)10-11-2/h3-5,10H,9H2,1-2H3. The summed E-state index contributed by atoms with van der Waals surface area (Å²) in [6, 6.07) is 5.71. The molecule has 0 spiro atoms. The van der Waals surface area contributed by atoms with Crippen molar-refractivity contribution in [3.63, 3.8) is 0 Å². The molecule has 0 atom stereocenters. The van der Waals surface area contributed by atoms with Crippen molar-refractivity contribution in [1.82, 2.24) is 0 Å². The highest BCUT2D eigenvalue weighted by Gasteiger charge is 1.99. The summed E-state index contributed by atoms with van der Waals surface area (Å²) in [5.41, 5.74) is 11.0. The molecule has 3 N–H and O–H groups in total. The Balaban J connectivity index is 3.00. The zero-order valence-corrected chi connectivity index (χ0v) is 6.72. The van der Waals surface area contributed by atoms with Crippen LogP contribution in [-0.2, 0) is 4.84 Å². The van der Waals surface area contributed by atoms with E-state index in [0.717, 1.165) is 11.3 Å². The Morgan fingerprint density at radius 2 is 2.18 bits per heavy atom. The molecule has 0 aromatic heterocycles. The highest BCUT2D eigenvalue weighted by Crippen LogP contribution is 2.21. The van der Waals surface area contributed by atoms with E-state index in [1.165, 1.54) is 0 Å². The van der Waals surface area contributed by atoms with Crippen molar-refractivity contribution in [2.75, 3.05) is 18.3 Å². The fourth-order valence-electron chi connectivity index (χ4n) is 0.932. The highest BCUT2D eigenvalue weighted by atomic mass is 16.6. The number of nitrogens with one attached hydrogen (secondary N) is 1. The van der Waals surface area contributed by atoms with Crippen LogP contribution in [-0.4, -0.2) is 7.11 Å². The lowest BCUT2D eigenvalue weighted by atomic mass is 10.2. The molecular formula is C8H12N2O. The third-order valence-corrected chi connectivity index (χ3v) is 1.51. The first kappa shape index (κ1) is 7.88. The summed E-state index contributed by atoms with van der Waals surface area (Å²) in [5.74, 6) is 0. The van der Waals surface area contributed by atoms with Gasteiger partial charge in [-0.1, -0.05) is 12.1 Å². The third kappa shape index (κ3) is 1.62. The number of nitrogens with two attached hydrogens (primary N) is 1.